The van der Waals surface area contributed by atoms with Crippen molar-refractivity contribution in [3.05, 3.63) is 30.7 Å². The second kappa shape index (κ2) is 6.65. The van der Waals surface area contributed by atoms with Crippen LogP contribution in [0.5, 0.6) is 0 Å². The fraction of sp³-hybridized carbons (Fsp3) is 0.308. The number of aliphatic hydroxyl groups excluding tert-OH is 1. The van der Waals surface area contributed by atoms with Crippen LogP contribution in [0.1, 0.15) is 6.92 Å². The van der Waals surface area contributed by atoms with Gasteiger partial charge in [-0.1, -0.05) is 0 Å². The van der Waals surface area contributed by atoms with Crippen LogP contribution in [0.2, 0.25) is 0 Å². The van der Waals surface area contributed by atoms with E-state index in [1.165, 1.54) is 6.33 Å². The highest BCUT2D eigenvalue weighted by Crippen LogP contribution is 2.20. The second-order valence-corrected chi connectivity index (χ2v) is 3.90. The summed E-state index contributed by atoms with van der Waals surface area (Å²) in [6.07, 6.45) is 3.25. The number of pyridine rings is 1. The Balaban J connectivity index is 2.23. The van der Waals surface area contributed by atoms with Crippen molar-refractivity contribution in [2.24, 2.45) is 0 Å². The molecule has 0 atom stereocenters. The molecule has 0 bridgehead atoms. The lowest BCUT2D eigenvalue weighted by molar-refractivity contribution is 0.311. The van der Waals surface area contributed by atoms with Gasteiger partial charge in [-0.15, -0.1) is 0 Å². The maximum absolute atomic E-state index is 8.79. The minimum absolute atomic E-state index is 0.0734. The molecule has 0 aromatic carbocycles. The van der Waals surface area contributed by atoms with Crippen molar-refractivity contribution in [1.29, 1.82) is 0 Å². The smallest absolute Gasteiger partial charge is 0.129 e. The summed E-state index contributed by atoms with van der Waals surface area (Å²) in [5, 5.41) is 15.0. The van der Waals surface area contributed by atoms with Crippen molar-refractivity contribution in [1.82, 2.24) is 15.0 Å². The lowest BCUT2D eigenvalue weighted by Gasteiger charge is -2.07. The van der Waals surface area contributed by atoms with Crippen molar-refractivity contribution >= 4 is 11.6 Å². The highest BCUT2D eigenvalue weighted by Gasteiger charge is 2.03. The SMILES string of the molecule is CCNc1cc(-c2ccnc(NCCO)c2)ncn1. The molecule has 2 aromatic heterocycles. The molecule has 0 saturated carbocycles. The Morgan fingerprint density at radius 2 is 1.95 bits per heavy atom. The minimum atomic E-state index is 0.0734. The number of hydrogen-bond donors (Lipinski definition) is 3. The van der Waals surface area contributed by atoms with Gasteiger partial charge in [0, 0.05) is 30.9 Å². The Morgan fingerprint density at radius 3 is 2.74 bits per heavy atom. The highest BCUT2D eigenvalue weighted by molar-refractivity contribution is 5.64. The summed E-state index contributed by atoms with van der Waals surface area (Å²) in [5.41, 5.74) is 1.79. The first-order valence-corrected chi connectivity index (χ1v) is 6.20. The fourth-order valence-corrected chi connectivity index (χ4v) is 1.66. The third-order valence-corrected chi connectivity index (χ3v) is 2.50. The Hall–Kier alpha value is -2.21. The number of nitrogens with zero attached hydrogens (tertiary/aromatic N) is 3. The lowest BCUT2D eigenvalue weighted by atomic mass is 10.2. The lowest BCUT2D eigenvalue weighted by Crippen LogP contribution is -2.06. The zero-order valence-corrected chi connectivity index (χ0v) is 10.8. The van der Waals surface area contributed by atoms with E-state index in [4.69, 9.17) is 5.11 Å². The summed E-state index contributed by atoms with van der Waals surface area (Å²) in [6, 6.07) is 5.69. The molecule has 19 heavy (non-hydrogen) atoms. The summed E-state index contributed by atoms with van der Waals surface area (Å²) in [7, 11) is 0. The molecule has 6 heteroatoms. The van der Waals surface area contributed by atoms with Gasteiger partial charge in [0.25, 0.3) is 0 Å². The molecule has 0 amide bonds. The van der Waals surface area contributed by atoms with Crippen molar-refractivity contribution < 1.29 is 5.11 Å². The van der Waals surface area contributed by atoms with Gasteiger partial charge in [-0.05, 0) is 19.1 Å². The van der Waals surface area contributed by atoms with E-state index in [9.17, 15) is 0 Å². The number of aliphatic hydroxyl groups is 1. The van der Waals surface area contributed by atoms with E-state index in [1.54, 1.807) is 6.20 Å². The first-order chi connectivity index (χ1) is 9.33. The van der Waals surface area contributed by atoms with Gasteiger partial charge >= 0.3 is 0 Å². The molecule has 0 radical (unpaired) electrons. The molecule has 0 fully saturated rings. The summed E-state index contributed by atoms with van der Waals surface area (Å²) in [6.45, 7) is 3.38. The third kappa shape index (κ3) is 3.62. The molecule has 2 heterocycles. The fourth-order valence-electron chi connectivity index (χ4n) is 1.66. The molecular weight excluding hydrogens is 242 g/mol. The Kier molecular flexibility index (Phi) is 4.63. The van der Waals surface area contributed by atoms with Crippen LogP contribution in [0.3, 0.4) is 0 Å². The van der Waals surface area contributed by atoms with Gasteiger partial charge in [0.1, 0.15) is 18.0 Å². The molecule has 3 N–H and O–H groups in total. The van der Waals surface area contributed by atoms with Gasteiger partial charge in [-0.3, -0.25) is 0 Å². The first kappa shape index (κ1) is 13.2. The standard InChI is InChI=1S/C13H17N5O/c1-2-14-13-8-11(17-9-18-13)10-3-4-15-12(7-10)16-5-6-19/h3-4,7-9,19H,2,5-6H2,1H3,(H,15,16)(H,14,17,18). The van der Waals surface area contributed by atoms with Crippen LogP contribution in [0, 0.1) is 0 Å². The maximum Gasteiger partial charge on any atom is 0.129 e. The minimum Gasteiger partial charge on any atom is -0.395 e. The van der Waals surface area contributed by atoms with Crippen LogP contribution in [0.15, 0.2) is 30.7 Å². The molecule has 100 valence electrons. The van der Waals surface area contributed by atoms with Crippen LogP contribution >= 0.6 is 0 Å². The largest absolute Gasteiger partial charge is 0.395 e. The molecule has 0 unspecified atom stereocenters. The number of nitrogens with one attached hydrogen (secondary N) is 2. The van der Waals surface area contributed by atoms with Gasteiger partial charge < -0.3 is 15.7 Å². The van der Waals surface area contributed by atoms with Gasteiger partial charge in [0.2, 0.25) is 0 Å². The van der Waals surface area contributed by atoms with Crippen molar-refractivity contribution in [2.45, 2.75) is 6.92 Å². The predicted octanol–water partition coefficient (Wildman–Crippen LogP) is 1.37. The number of aromatic nitrogens is 3. The van der Waals surface area contributed by atoms with E-state index in [0.29, 0.717) is 6.54 Å². The molecule has 0 aliphatic carbocycles. The summed E-state index contributed by atoms with van der Waals surface area (Å²) in [4.78, 5) is 12.6. The molecule has 0 aliphatic heterocycles. The number of rotatable bonds is 6. The average molecular weight is 259 g/mol. The van der Waals surface area contributed by atoms with E-state index in [-0.39, 0.29) is 6.61 Å². The zero-order chi connectivity index (χ0) is 13.5. The van der Waals surface area contributed by atoms with Crippen molar-refractivity contribution in [3.63, 3.8) is 0 Å². The monoisotopic (exact) mass is 259 g/mol. The van der Waals surface area contributed by atoms with Gasteiger partial charge in [0.05, 0.1) is 12.3 Å². The Morgan fingerprint density at radius 1 is 1.11 bits per heavy atom. The van der Waals surface area contributed by atoms with Crippen molar-refractivity contribution in [2.75, 3.05) is 30.3 Å². The van der Waals surface area contributed by atoms with Crippen LogP contribution in [0.4, 0.5) is 11.6 Å². The van der Waals surface area contributed by atoms with Crippen LogP contribution < -0.4 is 10.6 Å². The number of anilines is 2. The summed E-state index contributed by atoms with van der Waals surface area (Å²) >= 11 is 0. The molecule has 6 nitrogen and oxygen atoms in total. The van der Waals surface area contributed by atoms with E-state index < -0.39 is 0 Å². The molecule has 2 aromatic rings. The molecular formula is C13H17N5O. The zero-order valence-electron chi connectivity index (χ0n) is 10.8. The van der Waals surface area contributed by atoms with Crippen molar-refractivity contribution in [3.8, 4) is 11.3 Å². The summed E-state index contributed by atoms with van der Waals surface area (Å²) < 4.78 is 0. The third-order valence-electron chi connectivity index (χ3n) is 2.50. The van der Waals surface area contributed by atoms with E-state index in [2.05, 4.69) is 25.6 Å². The van der Waals surface area contributed by atoms with Gasteiger partial charge in [-0.25, -0.2) is 15.0 Å². The average Bonchev–Trinajstić information content (AvgIpc) is 2.46. The van der Waals surface area contributed by atoms with E-state index in [0.717, 1.165) is 29.4 Å². The Labute approximate surface area is 112 Å². The van der Waals surface area contributed by atoms with Crippen LogP contribution in [-0.4, -0.2) is 39.8 Å². The van der Waals surface area contributed by atoms with Gasteiger partial charge in [-0.2, -0.15) is 0 Å². The van der Waals surface area contributed by atoms with Gasteiger partial charge in [0.15, 0.2) is 0 Å². The molecule has 0 saturated heterocycles. The quantitative estimate of drug-likeness (QED) is 0.727. The van der Waals surface area contributed by atoms with E-state index in [1.807, 2.05) is 25.1 Å². The second-order valence-electron chi connectivity index (χ2n) is 3.90. The highest BCUT2D eigenvalue weighted by atomic mass is 16.3. The summed E-state index contributed by atoms with van der Waals surface area (Å²) in [5.74, 6) is 1.52. The maximum atomic E-state index is 8.79. The molecule has 0 spiro atoms. The number of hydrogen-bond acceptors (Lipinski definition) is 6. The predicted molar refractivity (Wildman–Crippen MR) is 75.0 cm³/mol. The Bertz CT molecular complexity index is 532. The molecule has 0 aliphatic rings. The normalized spacial score (nSPS) is 10.2. The topological polar surface area (TPSA) is 83.0 Å². The van der Waals surface area contributed by atoms with Crippen LogP contribution in [0.25, 0.3) is 11.3 Å². The van der Waals surface area contributed by atoms with Crippen LogP contribution in [-0.2, 0) is 0 Å². The first-order valence-electron chi connectivity index (χ1n) is 6.20. The molecule has 2 rings (SSSR count). The van der Waals surface area contributed by atoms with E-state index >= 15 is 0 Å².